The Labute approximate surface area is 233 Å². The van der Waals surface area contributed by atoms with Gasteiger partial charge in [0.2, 0.25) is 11.9 Å². The van der Waals surface area contributed by atoms with Crippen LogP contribution in [0.15, 0.2) is 115 Å². The highest BCUT2D eigenvalue weighted by molar-refractivity contribution is 6.00. The Kier molecular flexibility index (Phi) is 8.02. The first-order chi connectivity index (χ1) is 19.5. The number of hydrogen-bond acceptors (Lipinski definition) is 4. The van der Waals surface area contributed by atoms with Gasteiger partial charge in [0.25, 0.3) is 5.91 Å². The van der Waals surface area contributed by atoms with Crippen molar-refractivity contribution in [3.05, 3.63) is 132 Å². The Morgan fingerprint density at radius 2 is 1.50 bits per heavy atom. The topological polar surface area (TPSA) is 76.5 Å². The number of rotatable bonds is 9. The van der Waals surface area contributed by atoms with Crippen molar-refractivity contribution in [2.45, 2.75) is 13.5 Å². The first-order valence-electron chi connectivity index (χ1n) is 13.0. The summed E-state index contributed by atoms with van der Waals surface area (Å²) < 4.78 is 7.11. The second-order valence-electron chi connectivity index (χ2n) is 9.39. The van der Waals surface area contributed by atoms with E-state index >= 15 is 0 Å². The number of carbonyl (C=O) groups excluding carboxylic acids is 2. The van der Waals surface area contributed by atoms with Crippen LogP contribution in [0.25, 0.3) is 16.9 Å². The summed E-state index contributed by atoms with van der Waals surface area (Å²) in [6, 6.07) is 34.3. The van der Waals surface area contributed by atoms with Gasteiger partial charge in [-0.1, -0.05) is 66.7 Å². The minimum absolute atomic E-state index is 0.137. The lowest BCUT2D eigenvalue weighted by Crippen LogP contribution is -2.38. The SMILES string of the molecule is COc1ccc(-c2cn(-c3ccccc3)c(NC(=O)CN(Cc3ccccc3)C(=O)c3ccccc3C)n2)cc1. The fourth-order valence-electron chi connectivity index (χ4n) is 4.48. The number of carbonyl (C=O) groups is 2. The zero-order valence-electron chi connectivity index (χ0n) is 22.5. The summed E-state index contributed by atoms with van der Waals surface area (Å²) in [4.78, 5) is 33.4. The molecule has 0 fully saturated rings. The van der Waals surface area contributed by atoms with Crippen LogP contribution < -0.4 is 10.1 Å². The molecule has 1 heterocycles. The normalized spacial score (nSPS) is 10.7. The van der Waals surface area contributed by atoms with Crippen molar-refractivity contribution in [3.63, 3.8) is 0 Å². The number of imidazole rings is 1. The number of anilines is 1. The largest absolute Gasteiger partial charge is 0.497 e. The first-order valence-corrected chi connectivity index (χ1v) is 13.0. The van der Waals surface area contributed by atoms with E-state index in [9.17, 15) is 9.59 Å². The summed E-state index contributed by atoms with van der Waals surface area (Å²) in [6.45, 7) is 2.05. The van der Waals surface area contributed by atoms with Crippen molar-refractivity contribution in [2.24, 2.45) is 0 Å². The number of benzene rings is 4. The maximum atomic E-state index is 13.6. The molecule has 1 N–H and O–H groups in total. The molecule has 0 bridgehead atoms. The molecule has 200 valence electrons. The third-order valence-electron chi connectivity index (χ3n) is 6.59. The van der Waals surface area contributed by atoms with Gasteiger partial charge in [-0.2, -0.15) is 0 Å². The number of nitrogens with one attached hydrogen (secondary N) is 1. The number of para-hydroxylation sites is 1. The standard InChI is InChI=1S/C33H30N4O3/c1-24-11-9-10-16-29(24)32(39)36(21-25-12-5-3-6-13-25)23-31(38)35-33-34-30(26-17-19-28(40-2)20-18-26)22-37(33)27-14-7-4-8-15-27/h3-20,22H,21,23H2,1-2H3,(H,34,35,38). The molecule has 40 heavy (non-hydrogen) atoms. The van der Waals surface area contributed by atoms with Gasteiger partial charge in [-0.3, -0.25) is 19.5 Å². The van der Waals surface area contributed by atoms with Crippen LogP contribution in [-0.4, -0.2) is 39.9 Å². The summed E-state index contributed by atoms with van der Waals surface area (Å²) in [7, 11) is 1.62. The van der Waals surface area contributed by atoms with Crippen LogP contribution in [-0.2, 0) is 11.3 Å². The molecule has 0 radical (unpaired) electrons. The molecule has 2 amide bonds. The quantitative estimate of drug-likeness (QED) is 0.248. The van der Waals surface area contributed by atoms with Gasteiger partial charge in [0.15, 0.2) is 0 Å². The van der Waals surface area contributed by atoms with Gasteiger partial charge in [0, 0.05) is 29.6 Å². The molecule has 0 spiro atoms. The predicted molar refractivity (Wildman–Crippen MR) is 157 cm³/mol. The molecule has 5 rings (SSSR count). The van der Waals surface area contributed by atoms with Crippen molar-refractivity contribution in [2.75, 3.05) is 19.0 Å². The molecule has 0 unspecified atom stereocenters. The maximum absolute atomic E-state index is 13.6. The zero-order chi connectivity index (χ0) is 27.9. The van der Waals surface area contributed by atoms with Crippen molar-refractivity contribution in [1.82, 2.24) is 14.5 Å². The number of nitrogens with zero attached hydrogens (tertiary/aromatic N) is 3. The Bertz CT molecular complexity index is 1600. The molecule has 0 aliphatic carbocycles. The second kappa shape index (κ2) is 12.1. The van der Waals surface area contributed by atoms with Crippen LogP contribution in [0.1, 0.15) is 21.5 Å². The van der Waals surface area contributed by atoms with Crippen LogP contribution in [0.2, 0.25) is 0 Å². The van der Waals surface area contributed by atoms with Crippen molar-refractivity contribution in [3.8, 4) is 22.7 Å². The molecule has 0 saturated carbocycles. The van der Waals surface area contributed by atoms with Gasteiger partial charge in [-0.25, -0.2) is 4.98 Å². The van der Waals surface area contributed by atoms with Gasteiger partial charge in [0.05, 0.1) is 12.8 Å². The average molecular weight is 531 g/mol. The number of amides is 2. The van der Waals surface area contributed by atoms with E-state index in [-0.39, 0.29) is 18.4 Å². The van der Waals surface area contributed by atoms with Gasteiger partial charge < -0.3 is 9.64 Å². The first kappa shape index (κ1) is 26.4. The number of aromatic nitrogens is 2. The highest BCUT2D eigenvalue weighted by Gasteiger charge is 2.22. The van der Waals surface area contributed by atoms with E-state index in [4.69, 9.17) is 9.72 Å². The molecule has 0 atom stereocenters. The van der Waals surface area contributed by atoms with E-state index in [0.29, 0.717) is 23.8 Å². The molecular weight excluding hydrogens is 500 g/mol. The fraction of sp³-hybridized carbons (Fsp3) is 0.121. The molecule has 4 aromatic carbocycles. The minimum atomic E-state index is -0.345. The van der Waals surface area contributed by atoms with Crippen molar-refractivity contribution in [1.29, 1.82) is 0 Å². The van der Waals surface area contributed by atoms with Crippen LogP contribution in [0, 0.1) is 6.92 Å². The summed E-state index contributed by atoms with van der Waals surface area (Å²) in [5.41, 5.74) is 4.78. The van der Waals surface area contributed by atoms with Gasteiger partial charge in [0.1, 0.15) is 12.3 Å². The van der Waals surface area contributed by atoms with E-state index in [1.807, 2.05) is 121 Å². The smallest absolute Gasteiger partial charge is 0.254 e. The lowest BCUT2D eigenvalue weighted by molar-refractivity contribution is -0.117. The summed E-state index contributed by atoms with van der Waals surface area (Å²) in [5, 5.41) is 2.95. The molecule has 1 aromatic heterocycles. The average Bonchev–Trinajstić information content (AvgIpc) is 3.41. The van der Waals surface area contributed by atoms with Crippen molar-refractivity contribution < 1.29 is 14.3 Å². The van der Waals surface area contributed by atoms with Crippen molar-refractivity contribution >= 4 is 17.8 Å². The number of methoxy groups -OCH3 is 1. The summed E-state index contributed by atoms with van der Waals surface area (Å²) in [6.07, 6.45) is 1.88. The maximum Gasteiger partial charge on any atom is 0.254 e. The van der Waals surface area contributed by atoms with Gasteiger partial charge in [-0.05, 0) is 60.5 Å². The number of ether oxygens (including phenoxy) is 1. The zero-order valence-corrected chi connectivity index (χ0v) is 22.5. The number of aryl methyl sites for hydroxylation is 1. The highest BCUT2D eigenvalue weighted by Crippen LogP contribution is 2.26. The monoisotopic (exact) mass is 530 g/mol. The molecule has 5 aromatic rings. The van der Waals surface area contributed by atoms with Gasteiger partial charge >= 0.3 is 0 Å². The Morgan fingerprint density at radius 3 is 2.17 bits per heavy atom. The Hall–Kier alpha value is -5.17. The lowest BCUT2D eigenvalue weighted by Gasteiger charge is -2.23. The molecule has 7 heteroatoms. The van der Waals surface area contributed by atoms with E-state index in [1.165, 1.54) is 0 Å². The molecular formula is C33H30N4O3. The molecule has 0 aliphatic heterocycles. The third-order valence-corrected chi connectivity index (χ3v) is 6.59. The van der Waals surface area contributed by atoms with Crippen LogP contribution in [0.4, 0.5) is 5.95 Å². The Morgan fingerprint density at radius 1 is 0.850 bits per heavy atom. The molecule has 7 nitrogen and oxygen atoms in total. The van der Waals surface area contributed by atoms with E-state index < -0.39 is 0 Å². The summed E-state index contributed by atoms with van der Waals surface area (Å²) >= 11 is 0. The minimum Gasteiger partial charge on any atom is -0.497 e. The Balaban J connectivity index is 1.43. The summed E-state index contributed by atoms with van der Waals surface area (Å²) in [5.74, 6) is 0.561. The predicted octanol–water partition coefficient (Wildman–Crippen LogP) is 6.14. The van der Waals surface area contributed by atoms with Crippen LogP contribution >= 0.6 is 0 Å². The van der Waals surface area contributed by atoms with E-state index in [0.717, 1.165) is 28.1 Å². The third kappa shape index (κ3) is 6.10. The van der Waals surface area contributed by atoms with Gasteiger partial charge in [-0.15, -0.1) is 0 Å². The fourth-order valence-corrected chi connectivity index (χ4v) is 4.48. The highest BCUT2D eigenvalue weighted by atomic mass is 16.5. The van der Waals surface area contributed by atoms with E-state index in [2.05, 4.69) is 5.32 Å². The van der Waals surface area contributed by atoms with Crippen LogP contribution in [0.3, 0.4) is 0 Å². The number of hydrogen-bond donors (Lipinski definition) is 1. The van der Waals surface area contributed by atoms with E-state index in [1.54, 1.807) is 18.1 Å². The molecule has 0 saturated heterocycles. The second-order valence-corrected chi connectivity index (χ2v) is 9.39. The van der Waals surface area contributed by atoms with Crippen LogP contribution in [0.5, 0.6) is 5.75 Å². The molecule has 0 aliphatic rings. The lowest BCUT2D eigenvalue weighted by atomic mass is 10.1.